The molecule has 0 aromatic rings. The van der Waals surface area contributed by atoms with Gasteiger partial charge in [-0.2, -0.15) is 0 Å². The van der Waals surface area contributed by atoms with Crippen LogP contribution in [0.25, 0.3) is 0 Å². The molecule has 5 aliphatic rings. The van der Waals surface area contributed by atoms with Crippen molar-refractivity contribution in [2.75, 3.05) is 13.2 Å². The van der Waals surface area contributed by atoms with Gasteiger partial charge in [-0.25, -0.2) is 0 Å². The second-order valence-electron chi connectivity index (χ2n) is 7.91. The van der Waals surface area contributed by atoms with Crippen LogP contribution in [0.3, 0.4) is 0 Å². The van der Waals surface area contributed by atoms with Gasteiger partial charge in [0.1, 0.15) is 0 Å². The zero-order valence-corrected chi connectivity index (χ0v) is 12.2. The van der Waals surface area contributed by atoms with Crippen LogP contribution in [0.2, 0.25) is 0 Å². The lowest BCUT2D eigenvalue weighted by Gasteiger charge is -2.38. The number of rotatable bonds is 2. The van der Waals surface area contributed by atoms with E-state index in [1.54, 1.807) is 0 Å². The first-order valence-corrected chi connectivity index (χ1v) is 8.75. The van der Waals surface area contributed by atoms with E-state index < -0.39 is 0 Å². The SMILES string of the molecule is C1CC2CC2CC1C1COC(C2CCC3OC3C2)OC1. The lowest BCUT2D eigenvalue weighted by atomic mass is 9.80. The van der Waals surface area contributed by atoms with E-state index in [-0.39, 0.29) is 6.29 Å². The lowest BCUT2D eigenvalue weighted by Crippen LogP contribution is -2.41. The molecule has 2 saturated heterocycles. The Morgan fingerprint density at radius 2 is 1.25 bits per heavy atom. The maximum atomic E-state index is 6.12. The van der Waals surface area contributed by atoms with Crippen LogP contribution in [0.15, 0.2) is 0 Å². The highest BCUT2D eigenvalue weighted by Crippen LogP contribution is 2.53. The molecule has 0 spiro atoms. The normalized spacial score (nSPS) is 57.6. The van der Waals surface area contributed by atoms with Gasteiger partial charge in [0.2, 0.25) is 0 Å². The third kappa shape index (κ3) is 2.22. The van der Waals surface area contributed by atoms with Crippen molar-refractivity contribution in [2.45, 2.75) is 63.4 Å². The van der Waals surface area contributed by atoms with Crippen molar-refractivity contribution in [3.8, 4) is 0 Å². The molecular formula is C17H26O3. The van der Waals surface area contributed by atoms with Crippen LogP contribution in [-0.2, 0) is 14.2 Å². The Balaban J connectivity index is 1.14. The Kier molecular flexibility index (Phi) is 2.91. The van der Waals surface area contributed by atoms with Crippen molar-refractivity contribution in [1.29, 1.82) is 0 Å². The molecule has 2 heterocycles. The van der Waals surface area contributed by atoms with Gasteiger partial charge in [0.25, 0.3) is 0 Å². The summed E-state index contributed by atoms with van der Waals surface area (Å²) < 4.78 is 17.9. The van der Waals surface area contributed by atoms with E-state index in [1.807, 2.05) is 0 Å². The summed E-state index contributed by atoms with van der Waals surface area (Å²) in [5, 5.41) is 0. The number of epoxide rings is 1. The summed E-state index contributed by atoms with van der Waals surface area (Å²) in [5.41, 5.74) is 0. The summed E-state index contributed by atoms with van der Waals surface area (Å²) in [6.45, 7) is 1.89. The molecule has 0 aromatic carbocycles. The van der Waals surface area contributed by atoms with Gasteiger partial charge < -0.3 is 14.2 Å². The molecule has 5 fully saturated rings. The van der Waals surface area contributed by atoms with Gasteiger partial charge >= 0.3 is 0 Å². The van der Waals surface area contributed by atoms with E-state index in [0.29, 0.717) is 24.0 Å². The van der Waals surface area contributed by atoms with Crippen LogP contribution in [0, 0.1) is 29.6 Å². The number of hydrogen-bond donors (Lipinski definition) is 0. The monoisotopic (exact) mass is 278 g/mol. The molecule has 0 bridgehead atoms. The fourth-order valence-corrected chi connectivity index (χ4v) is 5.08. The Hall–Kier alpha value is -0.120. The average molecular weight is 278 g/mol. The molecule has 3 heteroatoms. The van der Waals surface area contributed by atoms with E-state index in [0.717, 1.165) is 37.4 Å². The Morgan fingerprint density at radius 3 is 1.95 bits per heavy atom. The molecule has 112 valence electrons. The smallest absolute Gasteiger partial charge is 0.160 e. The van der Waals surface area contributed by atoms with Crippen molar-refractivity contribution in [3.05, 3.63) is 0 Å². The van der Waals surface area contributed by atoms with Crippen LogP contribution < -0.4 is 0 Å². The van der Waals surface area contributed by atoms with Crippen LogP contribution in [-0.4, -0.2) is 31.7 Å². The second kappa shape index (κ2) is 4.69. The molecule has 6 unspecified atom stereocenters. The van der Waals surface area contributed by atoms with Gasteiger partial charge in [0, 0.05) is 11.8 Å². The minimum Gasteiger partial charge on any atom is -0.370 e. The van der Waals surface area contributed by atoms with Gasteiger partial charge in [0.15, 0.2) is 6.29 Å². The Bertz CT molecular complexity index is 340. The Morgan fingerprint density at radius 1 is 0.550 bits per heavy atom. The summed E-state index contributed by atoms with van der Waals surface area (Å²) in [5.74, 6) is 4.29. The molecule has 20 heavy (non-hydrogen) atoms. The topological polar surface area (TPSA) is 31.0 Å². The predicted octanol–water partition coefficient (Wildman–Crippen LogP) is 2.98. The number of hydrogen-bond acceptors (Lipinski definition) is 3. The third-order valence-corrected chi connectivity index (χ3v) is 6.63. The van der Waals surface area contributed by atoms with Crippen LogP contribution >= 0.6 is 0 Å². The van der Waals surface area contributed by atoms with Gasteiger partial charge in [-0.15, -0.1) is 0 Å². The Labute approximate surface area is 121 Å². The standard InChI is InChI=1S/C17H26O3/c1-2-11(6-13-5-10(1)13)14-8-18-17(19-9-14)12-3-4-15-16(7-12)20-15/h10-17H,1-9H2. The van der Waals surface area contributed by atoms with Crippen LogP contribution in [0.1, 0.15) is 44.9 Å². The fraction of sp³-hybridized carbons (Fsp3) is 1.00. The largest absolute Gasteiger partial charge is 0.370 e. The summed E-state index contributed by atoms with van der Waals surface area (Å²) in [6.07, 6.45) is 10.6. The maximum Gasteiger partial charge on any atom is 0.160 e. The quantitative estimate of drug-likeness (QED) is 0.728. The molecule has 5 rings (SSSR count). The van der Waals surface area contributed by atoms with Gasteiger partial charge in [0.05, 0.1) is 25.4 Å². The zero-order valence-electron chi connectivity index (χ0n) is 12.2. The van der Waals surface area contributed by atoms with E-state index in [9.17, 15) is 0 Å². The molecule has 3 aliphatic carbocycles. The molecule has 0 amide bonds. The second-order valence-corrected chi connectivity index (χ2v) is 7.91. The molecule has 3 saturated carbocycles. The molecule has 0 aromatic heterocycles. The van der Waals surface area contributed by atoms with Gasteiger partial charge in [-0.05, 0) is 62.7 Å². The molecule has 0 N–H and O–H groups in total. The number of ether oxygens (including phenoxy) is 3. The molecule has 3 nitrogen and oxygen atoms in total. The predicted molar refractivity (Wildman–Crippen MR) is 74.1 cm³/mol. The lowest BCUT2D eigenvalue weighted by molar-refractivity contribution is -0.235. The van der Waals surface area contributed by atoms with Crippen LogP contribution in [0.5, 0.6) is 0 Å². The molecule has 0 radical (unpaired) electrons. The summed E-state index contributed by atoms with van der Waals surface area (Å²) in [6, 6.07) is 0. The highest BCUT2D eigenvalue weighted by atomic mass is 16.7. The number of fused-ring (bicyclic) bond motifs is 2. The first kappa shape index (κ1) is 12.4. The van der Waals surface area contributed by atoms with Crippen molar-refractivity contribution in [2.24, 2.45) is 29.6 Å². The highest BCUT2D eigenvalue weighted by Gasteiger charge is 2.48. The van der Waals surface area contributed by atoms with Crippen LogP contribution in [0.4, 0.5) is 0 Å². The summed E-state index contributed by atoms with van der Waals surface area (Å²) >= 11 is 0. The van der Waals surface area contributed by atoms with E-state index in [1.165, 1.54) is 38.5 Å². The van der Waals surface area contributed by atoms with E-state index >= 15 is 0 Å². The minimum atomic E-state index is 0.0636. The first-order chi connectivity index (χ1) is 9.87. The van der Waals surface area contributed by atoms with Gasteiger partial charge in [-0.1, -0.05) is 0 Å². The maximum absolute atomic E-state index is 6.12. The van der Waals surface area contributed by atoms with Crippen molar-refractivity contribution >= 4 is 0 Å². The summed E-state index contributed by atoms with van der Waals surface area (Å²) in [4.78, 5) is 0. The molecule has 2 aliphatic heterocycles. The minimum absolute atomic E-state index is 0.0636. The summed E-state index contributed by atoms with van der Waals surface area (Å²) in [7, 11) is 0. The highest BCUT2D eigenvalue weighted by molar-refractivity contribution is 4.95. The van der Waals surface area contributed by atoms with Crippen molar-refractivity contribution < 1.29 is 14.2 Å². The third-order valence-electron chi connectivity index (χ3n) is 6.63. The van der Waals surface area contributed by atoms with Crippen molar-refractivity contribution in [1.82, 2.24) is 0 Å². The van der Waals surface area contributed by atoms with Crippen molar-refractivity contribution in [3.63, 3.8) is 0 Å². The first-order valence-electron chi connectivity index (χ1n) is 8.75. The fourth-order valence-electron chi connectivity index (χ4n) is 5.08. The van der Waals surface area contributed by atoms with E-state index in [2.05, 4.69) is 0 Å². The molecular weight excluding hydrogens is 252 g/mol. The molecule has 6 atom stereocenters. The van der Waals surface area contributed by atoms with E-state index in [4.69, 9.17) is 14.2 Å². The average Bonchev–Trinajstić information content (AvgIpc) is 3.39. The zero-order chi connectivity index (χ0) is 13.1. The van der Waals surface area contributed by atoms with Gasteiger partial charge in [-0.3, -0.25) is 0 Å².